The number of nitrogens with zero attached hydrogens (tertiary/aromatic N) is 2. The van der Waals surface area contributed by atoms with Crippen LogP contribution in [0.5, 0.6) is 11.5 Å². The van der Waals surface area contributed by atoms with E-state index in [0.717, 1.165) is 56.7 Å². The Labute approximate surface area is 306 Å². The van der Waals surface area contributed by atoms with Gasteiger partial charge < -0.3 is 14.0 Å². The van der Waals surface area contributed by atoms with Crippen LogP contribution in [0.4, 0.5) is 0 Å². The molecule has 1 aromatic heterocycles. The Balaban J connectivity index is 1.42. The van der Waals surface area contributed by atoms with Crippen LogP contribution in [0.1, 0.15) is 69.3 Å². The van der Waals surface area contributed by atoms with E-state index in [1.54, 1.807) is 0 Å². The molecule has 0 aliphatic carbocycles. The molecule has 0 N–H and O–H groups in total. The van der Waals surface area contributed by atoms with Crippen molar-refractivity contribution in [3.05, 3.63) is 163 Å². The number of aromatic nitrogens is 2. The summed E-state index contributed by atoms with van der Waals surface area (Å²) in [6.07, 6.45) is 11.9. The molecule has 260 valence electrons. The van der Waals surface area contributed by atoms with Crippen LogP contribution in [0.3, 0.4) is 0 Å². The van der Waals surface area contributed by atoms with E-state index < -0.39 is 8.07 Å². The van der Waals surface area contributed by atoms with E-state index in [1.165, 1.54) is 52.4 Å². The normalized spacial score (nSPS) is 11.4. The summed E-state index contributed by atoms with van der Waals surface area (Å²) in [7, 11) is -1.89. The maximum Gasteiger partial charge on any atom is 0.217 e. The molecule has 0 aliphatic heterocycles. The predicted octanol–water partition coefficient (Wildman–Crippen LogP) is 7.58. The predicted molar refractivity (Wildman–Crippen MR) is 218 cm³/mol. The Morgan fingerprint density at radius 3 is 1.49 bits per heavy atom. The van der Waals surface area contributed by atoms with Gasteiger partial charge >= 0.3 is 0 Å². The van der Waals surface area contributed by atoms with Crippen molar-refractivity contribution in [3.8, 4) is 11.5 Å². The molecule has 4 nitrogen and oxygen atoms in total. The lowest BCUT2D eigenvalue weighted by atomic mass is 9.58. The maximum absolute atomic E-state index is 6.19. The molecule has 0 aliphatic rings. The quantitative estimate of drug-likeness (QED) is 0.0500. The van der Waals surface area contributed by atoms with Crippen LogP contribution in [-0.4, -0.2) is 38.1 Å². The molecule has 0 bridgehead atoms. The lowest BCUT2D eigenvalue weighted by Crippen LogP contribution is -2.70. The molecule has 0 atom stereocenters. The molecule has 0 saturated heterocycles. The minimum Gasteiger partial charge on any atom is -0.494 e. The zero-order chi connectivity index (χ0) is 35.1. The maximum atomic E-state index is 6.19. The minimum absolute atomic E-state index is 0.189. The first-order valence-electron chi connectivity index (χ1n) is 18.8. The highest BCUT2D eigenvalue weighted by Crippen LogP contribution is 2.24. The number of hydrogen-bond acceptors (Lipinski definition) is 3. The van der Waals surface area contributed by atoms with Gasteiger partial charge in [-0.25, -0.2) is 0 Å². The highest BCUT2D eigenvalue weighted by molar-refractivity contribution is 7.10. The van der Waals surface area contributed by atoms with E-state index in [4.69, 9.17) is 14.5 Å². The largest absolute Gasteiger partial charge is 0.494 e. The van der Waals surface area contributed by atoms with Gasteiger partial charge in [0.05, 0.1) is 18.9 Å². The lowest BCUT2D eigenvalue weighted by Gasteiger charge is -2.35. The molecule has 5 aromatic carbocycles. The summed E-state index contributed by atoms with van der Waals surface area (Å²) in [6, 6.07) is 50.8. The molecule has 0 radical (unpaired) electrons. The van der Waals surface area contributed by atoms with Crippen molar-refractivity contribution in [2.24, 2.45) is 0 Å². The van der Waals surface area contributed by atoms with Crippen molar-refractivity contribution >= 4 is 36.6 Å². The third kappa shape index (κ3) is 9.11. The van der Waals surface area contributed by atoms with Crippen molar-refractivity contribution < 1.29 is 9.47 Å². The van der Waals surface area contributed by atoms with Crippen LogP contribution in [0.2, 0.25) is 0 Å². The van der Waals surface area contributed by atoms with Crippen LogP contribution in [0.25, 0.3) is 0 Å². The van der Waals surface area contributed by atoms with Crippen LogP contribution in [0, 0.1) is 0 Å². The number of rotatable bonds is 19. The van der Waals surface area contributed by atoms with E-state index in [1.807, 2.05) is 6.20 Å². The number of hydrogen-bond donors (Lipinski definition) is 0. The molecule has 0 amide bonds. The molecule has 6 heteroatoms. The zero-order valence-electron chi connectivity index (χ0n) is 30.3. The molecule has 6 aromatic rings. The molecular formula is C45H51BN2O2Si. The van der Waals surface area contributed by atoms with Gasteiger partial charge in [-0.1, -0.05) is 155 Å². The number of ether oxygens (including phenoxy) is 2. The fourth-order valence-electron chi connectivity index (χ4n) is 7.16. The highest BCUT2D eigenvalue weighted by atomic mass is 28.3. The van der Waals surface area contributed by atoms with Gasteiger partial charge in [0.15, 0.2) is 8.07 Å². The van der Waals surface area contributed by atoms with Crippen molar-refractivity contribution in [3.63, 3.8) is 0 Å². The second-order valence-corrected chi connectivity index (χ2v) is 17.3. The first-order valence-corrected chi connectivity index (χ1v) is 21.0. The van der Waals surface area contributed by atoms with Gasteiger partial charge in [0, 0.05) is 18.6 Å². The molecule has 0 saturated carbocycles. The summed E-state index contributed by atoms with van der Waals surface area (Å²) in [5, 5.41) is 4.04. The van der Waals surface area contributed by atoms with Crippen molar-refractivity contribution in [1.82, 2.24) is 9.55 Å². The SMILES string of the molecule is CCCCCOc1ccc([Si](Cn2ccnc2BC(c2ccccc2)c2ccccc2)(c2ccccc2)c2ccc(OCCCCC)cc2)cc1. The van der Waals surface area contributed by atoms with E-state index in [2.05, 4.69) is 164 Å². The monoisotopic (exact) mass is 690 g/mol. The fourth-order valence-corrected chi connectivity index (χ4v) is 11.7. The zero-order valence-corrected chi connectivity index (χ0v) is 31.3. The van der Waals surface area contributed by atoms with E-state index in [0.29, 0.717) is 0 Å². The molecule has 0 unspecified atom stereocenters. The van der Waals surface area contributed by atoms with Gasteiger partial charge in [-0.05, 0) is 69.6 Å². The standard InChI is InChI=1S/C45H51BN2O2Si/c1-3-5-16-34-49-39-24-28-42(29-25-39)51(41-22-14-9-15-23-41,43-30-26-40(27-31-43)50-35-17-6-4-2)36-48-33-32-47-45(48)46-44(37-18-10-7-11-19-37)38-20-12-8-13-21-38/h7-15,18-33,44,46H,3-6,16-17,34-36H2,1-2H3. The van der Waals surface area contributed by atoms with E-state index in [9.17, 15) is 0 Å². The average molecular weight is 691 g/mol. The number of imidazole rings is 1. The van der Waals surface area contributed by atoms with Crippen molar-refractivity contribution in [2.75, 3.05) is 13.2 Å². The Kier molecular flexibility index (Phi) is 13.0. The van der Waals surface area contributed by atoms with Crippen LogP contribution in [0.15, 0.2) is 152 Å². The summed E-state index contributed by atoms with van der Waals surface area (Å²) in [5.74, 6) is 2.05. The Hall–Kier alpha value is -4.81. The van der Waals surface area contributed by atoms with E-state index in [-0.39, 0.29) is 5.82 Å². The van der Waals surface area contributed by atoms with Gasteiger partial charge in [0.2, 0.25) is 7.28 Å². The first-order chi connectivity index (χ1) is 25.2. The second kappa shape index (κ2) is 18.4. The Morgan fingerprint density at radius 1 is 0.569 bits per heavy atom. The van der Waals surface area contributed by atoms with Crippen molar-refractivity contribution in [2.45, 2.75) is 64.4 Å². The molecule has 1 heterocycles. The minimum atomic E-state index is -2.69. The molecule has 51 heavy (non-hydrogen) atoms. The topological polar surface area (TPSA) is 36.3 Å². The third-order valence-corrected chi connectivity index (χ3v) is 14.8. The molecule has 6 rings (SSSR count). The summed E-state index contributed by atoms with van der Waals surface area (Å²) >= 11 is 0. The average Bonchev–Trinajstić information content (AvgIpc) is 3.64. The van der Waals surface area contributed by atoms with Gasteiger partial charge in [-0.2, -0.15) is 0 Å². The summed E-state index contributed by atoms with van der Waals surface area (Å²) in [6.45, 7) is 5.94. The number of benzene rings is 5. The molecule has 0 fully saturated rings. The van der Waals surface area contributed by atoms with Crippen LogP contribution in [-0.2, 0) is 6.17 Å². The molecular weight excluding hydrogens is 639 g/mol. The lowest BCUT2D eigenvalue weighted by molar-refractivity contribution is 0.306. The summed E-state index contributed by atoms with van der Waals surface area (Å²) in [5.41, 5.74) is 3.69. The Bertz CT molecular complexity index is 1770. The van der Waals surface area contributed by atoms with Gasteiger partial charge in [0.1, 0.15) is 11.5 Å². The Morgan fingerprint density at radius 2 is 1.02 bits per heavy atom. The van der Waals surface area contributed by atoms with Crippen molar-refractivity contribution in [1.29, 1.82) is 0 Å². The van der Waals surface area contributed by atoms with E-state index >= 15 is 0 Å². The number of unbranched alkanes of at least 4 members (excludes halogenated alkanes) is 4. The fraction of sp³-hybridized carbons (Fsp3) is 0.267. The highest BCUT2D eigenvalue weighted by Gasteiger charge is 2.40. The second-order valence-electron chi connectivity index (χ2n) is 13.5. The first kappa shape index (κ1) is 36.0. The van der Waals surface area contributed by atoms with Crippen LogP contribution >= 0.6 is 0 Å². The summed E-state index contributed by atoms with van der Waals surface area (Å²) < 4.78 is 14.8. The van der Waals surface area contributed by atoms with Gasteiger partial charge in [-0.15, -0.1) is 0 Å². The third-order valence-electron chi connectivity index (χ3n) is 9.99. The smallest absolute Gasteiger partial charge is 0.217 e. The summed E-state index contributed by atoms with van der Waals surface area (Å²) in [4.78, 5) is 5.04. The van der Waals surface area contributed by atoms with Gasteiger partial charge in [0.25, 0.3) is 0 Å². The van der Waals surface area contributed by atoms with Crippen LogP contribution < -0.4 is 30.8 Å². The van der Waals surface area contributed by atoms with Gasteiger partial charge in [-0.3, -0.25) is 4.98 Å². The molecule has 0 spiro atoms.